The smallest absolute Gasteiger partial charge is 0.300 e. The molecule has 1 rings (SSSR count). The minimum atomic E-state index is -0.833. The van der Waals surface area contributed by atoms with Crippen LogP contribution < -0.4 is 5.32 Å². The highest BCUT2D eigenvalue weighted by Crippen LogP contribution is 2.04. The van der Waals surface area contributed by atoms with Gasteiger partial charge in [-0.2, -0.15) is 0 Å². The Morgan fingerprint density at radius 3 is 2.17 bits per heavy atom. The number of carbonyl (C=O) groups is 1. The number of carboxylic acid groups (broad SMARTS) is 1. The summed E-state index contributed by atoms with van der Waals surface area (Å²) in [5.74, 6) is -0.833. The lowest BCUT2D eigenvalue weighted by Crippen LogP contribution is -2.30. The first kappa shape index (κ1) is 14.3. The van der Waals surface area contributed by atoms with E-state index in [1.54, 1.807) is 0 Å². The molecule has 0 aromatic rings. The average molecular weight is 196 g/mol. The lowest BCUT2D eigenvalue weighted by Gasteiger charge is -2.18. The van der Waals surface area contributed by atoms with E-state index in [1.807, 2.05) is 0 Å². The number of halogens is 1. The maximum absolute atomic E-state index is 9.00. The first-order chi connectivity index (χ1) is 5.13. The van der Waals surface area contributed by atoms with Crippen LogP contribution in [0.15, 0.2) is 0 Å². The molecular weight excluding hydrogens is 178 g/mol. The zero-order chi connectivity index (χ0) is 8.69. The second kappa shape index (κ2) is 8.81. The molecule has 1 heterocycles. The van der Waals surface area contributed by atoms with Crippen LogP contribution in [0, 0.1) is 0 Å². The first-order valence-corrected chi connectivity index (χ1v) is 4.06. The number of hydrogen-bond donors (Lipinski definition) is 2. The summed E-state index contributed by atoms with van der Waals surface area (Å²) in [6.45, 7) is 4.57. The summed E-state index contributed by atoms with van der Waals surface area (Å²) in [6.07, 6.45) is 4.18. The maximum Gasteiger partial charge on any atom is 0.300 e. The molecule has 0 amide bonds. The summed E-state index contributed by atoms with van der Waals surface area (Å²) in [4.78, 5) is 9.00. The van der Waals surface area contributed by atoms with Gasteiger partial charge in [-0.05, 0) is 26.3 Å². The molecule has 1 saturated heterocycles. The number of aliphatic carboxylic acids is 1. The molecule has 3 nitrogen and oxygen atoms in total. The van der Waals surface area contributed by atoms with Crippen LogP contribution in [0.2, 0.25) is 0 Å². The Hall–Kier alpha value is -0.280. The molecule has 0 aromatic heterocycles. The van der Waals surface area contributed by atoms with E-state index in [4.69, 9.17) is 9.90 Å². The Bertz CT molecular complexity index is 110. The highest BCUT2D eigenvalue weighted by molar-refractivity contribution is 5.85. The van der Waals surface area contributed by atoms with Gasteiger partial charge in [-0.25, -0.2) is 0 Å². The second-order valence-electron chi connectivity index (χ2n) is 2.87. The highest BCUT2D eigenvalue weighted by Gasteiger charge is 2.04. The van der Waals surface area contributed by atoms with Crippen LogP contribution in [-0.2, 0) is 4.79 Å². The summed E-state index contributed by atoms with van der Waals surface area (Å²) in [5, 5.41) is 10.8. The lowest BCUT2D eigenvalue weighted by molar-refractivity contribution is -0.134. The maximum atomic E-state index is 9.00. The third kappa shape index (κ3) is 12.4. The van der Waals surface area contributed by atoms with Crippen LogP contribution in [0.4, 0.5) is 0 Å². The zero-order valence-corrected chi connectivity index (χ0v) is 8.49. The predicted molar refractivity (Wildman–Crippen MR) is 51.9 cm³/mol. The van der Waals surface area contributed by atoms with Gasteiger partial charge in [-0.15, -0.1) is 12.4 Å². The number of carboxylic acids is 1. The molecule has 1 unspecified atom stereocenters. The minimum absolute atomic E-state index is 0. The normalized spacial score (nSPS) is 21.3. The van der Waals surface area contributed by atoms with Crippen molar-refractivity contribution in [1.29, 1.82) is 0 Å². The van der Waals surface area contributed by atoms with Crippen molar-refractivity contribution in [2.75, 3.05) is 6.54 Å². The average Bonchev–Trinajstić information content (AvgIpc) is 1.87. The molecule has 1 atom stereocenters. The Morgan fingerprint density at radius 1 is 1.50 bits per heavy atom. The van der Waals surface area contributed by atoms with Crippen LogP contribution in [0.5, 0.6) is 0 Å². The van der Waals surface area contributed by atoms with Crippen molar-refractivity contribution in [2.24, 2.45) is 0 Å². The van der Waals surface area contributed by atoms with E-state index in [0.29, 0.717) is 0 Å². The number of rotatable bonds is 0. The molecule has 0 aliphatic carbocycles. The van der Waals surface area contributed by atoms with Gasteiger partial charge < -0.3 is 10.4 Å². The zero-order valence-electron chi connectivity index (χ0n) is 7.67. The van der Waals surface area contributed by atoms with Crippen LogP contribution in [0.1, 0.15) is 33.1 Å². The molecule has 1 aliphatic rings. The van der Waals surface area contributed by atoms with Crippen molar-refractivity contribution in [3.05, 3.63) is 0 Å². The fraction of sp³-hybridized carbons (Fsp3) is 0.875. The van der Waals surface area contributed by atoms with E-state index in [1.165, 1.54) is 25.8 Å². The van der Waals surface area contributed by atoms with Crippen molar-refractivity contribution in [3.8, 4) is 0 Å². The van der Waals surface area contributed by atoms with Gasteiger partial charge in [0.1, 0.15) is 0 Å². The second-order valence-corrected chi connectivity index (χ2v) is 2.87. The molecular formula is C8H18ClNO2. The molecule has 0 aromatic carbocycles. The summed E-state index contributed by atoms with van der Waals surface area (Å²) >= 11 is 0. The molecule has 0 spiro atoms. The van der Waals surface area contributed by atoms with Gasteiger partial charge in [0.15, 0.2) is 0 Å². The summed E-state index contributed by atoms with van der Waals surface area (Å²) in [5.41, 5.74) is 0. The van der Waals surface area contributed by atoms with E-state index >= 15 is 0 Å². The fourth-order valence-corrected chi connectivity index (χ4v) is 1.03. The fourth-order valence-electron chi connectivity index (χ4n) is 1.03. The quantitative estimate of drug-likeness (QED) is 0.618. The molecule has 12 heavy (non-hydrogen) atoms. The minimum Gasteiger partial charge on any atom is -0.481 e. The summed E-state index contributed by atoms with van der Waals surface area (Å²) < 4.78 is 0. The van der Waals surface area contributed by atoms with Crippen LogP contribution in [0.3, 0.4) is 0 Å². The van der Waals surface area contributed by atoms with E-state index in [9.17, 15) is 0 Å². The number of nitrogens with one attached hydrogen (secondary N) is 1. The third-order valence-electron chi connectivity index (χ3n) is 1.56. The summed E-state index contributed by atoms with van der Waals surface area (Å²) in [6, 6.07) is 0.786. The molecule has 0 radical (unpaired) electrons. The third-order valence-corrected chi connectivity index (χ3v) is 1.56. The number of piperidine rings is 1. The largest absolute Gasteiger partial charge is 0.481 e. The predicted octanol–water partition coefficient (Wildman–Crippen LogP) is 1.66. The van der Waals surface area contributed by atoms with E-state index in [-0.39, 0.29) is 12.4 Å². The van der Waals surface area contributed by atoms with Crippen molar-refractivity contribution in [2.45, 2.75) is 39.2 Å². The van der Waals surface area contributed by atoms with E-state index < -0.39 is 5.97 Å². The Labute approximate surface area is 80.0 Å². The first-order valence-electron chi connectivity index (χ1n) is 4.06. The topological polar surface area (TPSA) is 49.3 Å². The van der Waals surface area contributed by atoms with Gasteiger partial charge in [0, 0.05) is 13.0 Å². The highest BCUT2D eigenvalue weighted by atomic mass is 35.5. The molecule has 1 fully saturated rings. The Balaban J connectivity index is 0. The molecule has 74 valence electrons. The molecule has 0 saturated carbocycles. The Morgan fingerprint density at radius 2 is 2.00 bits per heavy atom. The van der Waals surface area contributed by atoms with Crippen molar-refractivity contribution >= 4 is 18.4 Å². The molecule has 1 aliphatic heterocycles. The van der Waals surface area contributed by atoms with Crippen LogP contribution >= 0.6 is 12.4 Å². The van der Waals surface area contributed by atoms with Gasteiger partial charge in [-0.1, -0.05) is 6.42 Å². The van der Waals surface area contributed by atoms with E-state index in [0.717, 1.165) is 13.0 Å². The molecule has 0 bridgehead atoms. The van der Waals surface area contributed by atoms with Crippen LogP contribution in [-0.4, -0.2) is 23.7 Å². The SMILES string of the molecule is CC(=O)O.CC1CCCCN1.Cl. The number of hydrogen-bond acceptors (Lipinski definition) is 2. The van der Waals surface area contributed by atoms with Gasteiger partial charge >= 0.3 is 0 Å². The van der Waals surface area contributed by atoms with Crippen molar-refractivity contribution in [1.82, 2.24) is 5.32 Å². The van der Waals surface area contributed by atoms with Gasteiger partial charge in [-0.3, -0.25) is 4.79 Å². The Kier molecular flexibility index (Phi) is 10.5. The molecule has 4 heteroatoms. The van der Waals surface area contributed by atoms with Gasteiger partial charge in [0.25, 0.3) is 5.97 Å². The van der Waals surface area contributed by atoms with Crippen LogP contribution in [0.25, 0.3) is 0 Å². The monoisotopic (exact) mass is 195 g/mol. The standard InChI is InChI=1S/C6H13N.C2H4O2.ClH/c1-6-4-2-3-5-7-6;1-2(3)4;/h6-7H,2-5H2,1H3;1H3,(H,3,4);1H. The van der Waals surface area contributed by atoms with Gasteiger partial charge in [0.05, 0.1) is 0 Å². The van der Waals surface area contributed by atoms with E-state index in [2.05, 4.69) is 12.2 Å². The van der Waals surface area contributed by atoms with Gasteiger partial charge in [0.2, 0.25) is 0 Å². The molecule has 2 N–H and O–H groups in total. The van der Waals surface area contributed by atoms with Crippen molar-refractivity contribution < 1.29 is 9.90 Å². The summed E-state index contributed by atoms with van der Waals surface area (Å²) in [7, 11) is 0. The van der Waals surface area contributed by atoms with Crippen molar-refractivity contribution in [3.63, 3.8) is 0 Å². The lowest BCUT2D eigenvalue weighted by atomic mass is 10.1.